The lowest BCUT2D eigenvalue weighted by Crippen LogP contribution is -2.50. The van der Waals surface area contributed by atoms with Crippen molar-refractivity contribution in [2.75, 3.05) is 38.5 Å². The van der Waals surface area contributed by atoms with Gasteiger partial charge in [-0.25, -0.2) is 4.99 Å². The van der Waals surface area contributed by atoms with Crippen LogP contribution in [0, 0.1) is 5.92 Å². The van der Waals surface area contributed by atoms with Gasteiger partial charge in [-0.05, 0) is 25.6 Å². The predicted molar refractivity (Wildman–Crippen MR) is 95.2 cm³/mol. The molecule has 3 heterocycles. The predicted octanol–water partition coefficient (Wildman–Crippen LogP) is 2.86. The molecule has 0 amide bonds. The van der Waals surface area contributed by atoms with Crippen molar-refractivity contribution < 1.29 is 0 Å². The molecule has 2 saturated heterocycles. The maximum atomic E-state index is 5.11. The average molecular weight is 316 g/mol. The third kappa shape index (κ3) is 2.61. The third-order valence-corrected chi connectivity index (χ3v) is 6.32. The van der Waals surface area contributed by atoms with Crippen molar-refractivity contribution in [2.45, 2.75) is 24.0 Å². The molecule has 0 bridgehead atoms. The fraction of sp³-hybridized carbons (Fsp3) is 0.588. The van der Waals surface area contributed by atoms with Gasteiger partial charge in [-0.1, -0.05) is 19.1 Å². The van der Waals surface area contributed by atoms with Gasteiger partial charge in [-0.2, -0.15) is 0 Å². The van der Waals surface area contributed by atoms with Crippen molar-refractivity contribution in [2.24, 2.45) is 10.9 Å². The summed E-state index contributed by atoms with van der Waals surface area (Å²) in [6.07, 6.45) is 1.22. The Kier molecular flexibility index (Phi) is 3.78. The van der Waals surface area contributed by atoms with Crippen LogP contribution in [-0.2, 0) is 0 Å². The first kappa shape index (κ1) is 14.4. The normalized spacial score (nSPS) is 31.8. The van der Waals surface area contributed by atoms with Crippen LogP contribution >= 0.6 is 11.8 Å². The van der Waals surface area contributed by atoms with E-state index in [9.17, 15) is 0 Å². The van der Waals surface area contributed by atoms with Crippen LogP contribution in [0.15, 0.2) is 29.3 Å². The zero-order valence-electron chi connectivity index (χ0n) is 13.3. The summed E-state index contributed by atoms with van der Waals surface area (Å²) in [6, 6.07) is 8.47. The lowest BCUT2D eigenvalue weighted by Gasteiger charge is -2.37. The number of hydrogen-bond donors (Lipinski definition) is 1. The van der Waals surface area contributed by atoms with Gasteiger partial charge >= 0.3 is 0 Å². The first-order valence-electron chi connectivity index (χ1n) is 8.24. The Morgan fingerprint density at radius 2 is 1.95 bits per heavy atom. The van der Waals surface area contributed by atoms with Gasteiger partial charge in [0.05, 0.1) is 16.7 Å². The summed E-state index contributed by atoms with van der Waals surface area (Å²) in [5, 5.41) is 4.90. The van der Waals surface area contributed by atoms with Crippen LogP contribution in [0.4, 0.5) is 11.4 Å². The first-order valence-corrected chi connectivity index (χ1v) is 9.18. The number of benzene rings is 1. The second kappa shape index (κ2) is 5.78. The highest BCUT2D eigenvalue weighted by atomic mass is 32.2. The highest BCUT2D eigenvalue weighted by molar-refractivity contribution is 8.00. The van der Waals surface area contributed by atoms with E-state index in [0.717, 1.165) is 31.9 Å². The van der Waals surface area contributed by atoms with E-state index in [1.54, 1.807) is 0 Å². The minimum Gasteiger partial charge on any atom is -0.371 e. The van der Waals surface area contributed by atoms with Crippen LogP contribution in [0.5, 0.6) is 0 Å². The van der Waals surface area contributed by atoms with E-state index in [4.69, 9.17) is 4.99 Å². The molecule has 3 unspecified atom stereocenters. The van der Waals surface area contributed by atoms with Crippen LogP contribution in [0.3, 0.4) is 0 Å². The van der Waals surface area contributed by atoms with Gasteiger partial charge in [0.25, 0.3) is 0 Å². The van der Waals surface area contributed by atoms with Crippen LogP contribution < -0.4 is 5.32 Å². The molecule has 0 spiro atoms. The average Bonchev–Trinajstić information content (AvgIpc) is 2.80. The van der Waals surface area contributed by atoms with Gasteiger partial charge in [0.2, 0.25) is 0 Å². The molecule has 2 fully saturated rings. The number of nitrogens with zero attached hydrogens (tertiary/aromatic N) is 3. The first-order chi connectivity index (χ1) is 10.7. The lowest BCUT2D eigenvalue weighted by molar-refractivity contribution is 0.209. The lowest BCUT2D eigenvalue weighted by atomic mass is 10.0. The number of likely N-dealkylation sites (N-methyl/N-ethyl adjacent to an activating group) is 1. The van der Waals surface area contributed by atoms with E-state index in [1.807, 2.05) is 0 Å². The second-order valence-electron chi connectivity index (χ2n) is 6.63. The largest absolute Gasteiger partial charge is 0.371 e. The van der Waals surface area contributed by atoms with Gasteiger partial charge in [-0.15, -0.1) is 11.8 Å². The molecule has 3 aliphatic heterocycles. The summed E-state index contributed by atoms with van der Waals surface area (Å²) in [5.41, 5.74) is 2.28. The van der Waals surface area contributed by atoms with Gasteiger partial charge in [0, 0.05) is 37.3 Å². The molecule has 1 N–H and O–H groups in total. The summed E-state index contributed by atoms with van der Waals surface area (Å²) < 4.78 is 0. The maximum absolute atomic E-state index is 5.11. The summed E-state index contributed by atoms with van der Waals surface area (Å²) in [6.45, 7) is 6.80. The molecule has 1 aromatic carbocycles. The van der Waals surface area contributed by atoms with Crippen molar-refractivity contribution in [1.29, 1.82) is 0 Å². The smallest absolute Gasteiger partial charge is 0.111 e. The Bertz CT molecular complexity index is 580. The fourth-order valence-electron chi connectivity index (χ4n) is 3.65. The summed E-state index contributed by atoms with van der Waals surface area (Å²) in [7, 11) is 2.21. The molecule has 0 radical (unpaired) electrons. The number of piperazine rings is 1. The van der Waals surface area contributed by atoms with Crippen LogP contribution in [0.2, 0.25) is 0 Å². The second-order valence-corrected chi connectivity index (χ2v) is 8.22. The molecule has 1 aromatic rings. The zero-order valence-corrected chi connectivity index (χ0v) is 14.1. The van der Waals surface area contributed by atoms with Crippen molar-refractivity contribution >= 4 is 29.0 Å². The number of fused-ring (bicyclic) bond motifs is 2. The van der Waals surface area contributed by atoms with E-state index in [-0.39, 0.29) is 0 Å². The Hall–Kier alpha value is -1.20. The molecule has 0 aromatic heterocycles. The van der Waals surface area contributed by atoms with E-state index in [0.29, 0.717) is 16.5 Å². The number of amidine groups is 1. The number of nitrogens with one attached hydrogen (secondary N) is 1. The fourth-order valence-corrected chi connectivity index (χ4v) is 5.09. The Morgan fingerprint density at radius 3 is 2.77 bits per heavy atom. The van der Waals surface area contributed by atoms with Crippen LogP contribution in [0.1, 0.15) is 13.3 Å². The number of thioether (sulfide) groups is 1. The standard InChI is InChI=1S/C17H24N4S/c1-12-11-13-16(21-9-7-20(2)8-10-21)18-14-5-3-4-6-15(14)19-17(13)22-12/h3-6,12-13,17,19H,7-11H2,1-2H3. The Morgan fingerprint density at radius 1 is 1.18 bits per heavy atom. The van der Waals surface area contributed by atoms with Crippen LogP contribution in [-0.4, -0.2) is 59.5 Å². The number of hydrogen-bond acceptors (Lipinski definition) is 5. The van der Waals surface area contributed by atoms with E-state index in [2.05, 4.69) is 65.1 Å². The van der Waals surface area contributed by atoms with Crippen molar-refractivity contribution in [3.8, 4) is 0 Å². The Labute approximate surface area is 137 Å². The van der Waals surface area contributed by atoms with Gasteiger partial charge < -0.3 is 15.1 Å². The quantitative estimate of drug-likeness (QED) is 0.797. The van der Waals surface area contributed by atoms with Crippen molar-refractivity contribution in [3.63, 3.8) is 0 Å². The van der Waals surface area contributed by atoms with Gasteiger partial charge in [-0.3, -0.25) is 0 Å². The number of para-hydroxylation sites is 2. The highest BCUT2D eigenvalue weighted by Crippen LogP contribution is 2.44. The molecule has 3 atom stereocenters. The van der Waals surface area contributed by atoms with E-state index < -0.39 is 0 Å². The molecule has 0 saturated carbocycles. The molecule has 3 aliphatic rings. The number of rotatable bonds is 0. The van der Waals surface area contributed by atoms with E-state index in [1.165, 1.54) is 17.9 Å². The van der Waals surface area contributed by atoms with Gasteiger partial charge in [0.1, 0.15) is 5.84 Å². The zero-order chi connectivity index (χ0) is 15.1. The molecular weight excluding hydrogens is 292 g/mol. The van der Waals surface area contributed by atoms with Gasteiger partial charge in [0.15, 0.2) is 0 Å². The molecule has 22 heavy (non-hydrogen) atoms. The van der Waals surface area contributed by atoms with E-state index >= 15 is 0 Å². The molecule has 0 aliphatic carbocycles. The Balaban J connectivity index is 1.70. The van der Waals surface area contributed by atoms with Crippen LogP contribution in [0.25, 0.3) is 0 Å². The SMILES string of the molecule is CC1CC2C(N3CCN(C)CC3)=Nc3ccccc3NC2S1. The summed E-state index contributed by atoms with van der Waals surface area (Å²) >= 11 is 2.07. The highest BCUT2D eigenvalue weighted by Gasteiger charge is 2.40. The number of anilines is 1. The molecule has 118 valence electrons. The molecular formula is C17H24N4S. The minimum atomic E-state index is 0.456. The third-order valence-electron chi connectivity index (χ3n) is 4.93. The van der Waals surface area contributed by atoms with Crippen molar-refractivity contribution in [1.82, 2.24) is 9.80 Å². The summed E-state index contributed by atoms with van der Waals surface area (Å²) in [5.74, 6) is 1.84. The minimum absolute atomic E-state index is 0.456. The molecule has 4 nitrogen and oxygen atoms in total. The number of aliphatic imine (C=N–C) groups is 1. The summed E-state index contributed by atoms with van der Waals surface area (Å²) in [4.78, 5) is 10.0. The molecule has 5 heteroatoms. The monoisotopic (exact) mass is 316 g/mol. The van der Waals surface area contributed by atoms with Crippen molar-refractivity contribution in [3.05, 3.63) is 24.3 Å². The maximum Gasteiger partial charge on any atom is 0.111 e. The topological polar surface area (TPSA) is 30.9 Å². The molecule has 4 rings (SSSR count).